The number of benzene rings is 2. The smallest absolute Gasteiger partial charge is 0.253 e. The molecule has 1 saturated carbocycles. The Morgan fingerprint density at radius 1 is 1.04 bits per heavy atom. The third-order valence-electron chi connectivity index (χ3n) is 5.01. The van der Waals surface area contributed by atoms with Gasteiger partial charge in [-0.05, 0) is 37.0 Å². The minimum absolute atomic E-state index is 0.0485. The number of para-hydroxylation sites is 1. The van der Waals surface area contributed by atoms with Gasteiger partial charge in [-0.3, -0.25) is 4.79 Å². The van der Waals surface area contributed by atoms with Gasteiger partial charge in [0.1, 0.15) is 18.0 Å². The topological polar surface area (TPSA) is 42.7 Å². The molecule has 2 aliphatic rings. The molecule has 0 N–H and O–H groups in total. The number of nitrogens with zero attached hydrogens (tertiary/aromatic N) is 1. The molecule has 0 atom stereocenters. The number of hydrogen-bond donors (Lipinski definition) is 0. The van der Waals surface area contributed by atoms with Crippen LogP contribution in [-0.2, 0) is 16.1 Å². The lowest BCUT2D eigenvalue weighted by Crippen LogP contribution is -2.34. The number of ether oxygens (including phenoxy) is 1. The number of amides is 1. The maximum absolute atomic E-state index is 12.5. The number of fused-ring (bicyclic) bond motifs is 2. The van der Waals surface area contributed by atoms with Crippen molar-refractivity contribution in [1.82, 2.24) is 0 Å². The van der Waals surface area contributed by atoms with Crippen LogP contribution in [0.5, 0.6) is 0 Å². The second-order valence-corrected chi connectivity index (χ2v) is 6.93. The zero-order chi connectivity index (χ0) is 16.8. The highest BCUT2D eigenvalue weighted by Crippen LogP contribution is 2.36. The maximum atomic E-state index is 12.5. The van der Waals surface area contributed by atoms with Gasteiger partial charge in [-0.25, -0.2) is 0 Å². The summed E-state index contributed by atoms with van der Waals surface area (Å²) in [6, 6.07) is 16.2. The average molecular weight is 333 g/mol. The van der Waals surface area contributed by atoms with Gasteiger partial charge in [0.15, 0.2) is 0 Å². The zero-order valence-electron chi connectivity index (χ0n) is 13.9. The summed E-state index contributed by atoms with van der Waals surface area (Å²) in [5, 5.41) is 1.08. The minimum atomic E-state index is 0.0485. The molecule has 2 heterocycles. The highest BCUT2D eigenvalue weighted by molar-refractivity contribution is 5.96. The SMILES string of the molecule is O=C1COCc2ccc(-c3cc4ccccc4o3)cc2N1CC1CC1. The Morgan fingerprint density at radius 2 is 1.92 bits per heavy atom. The molecule has 126 valence electrons. The van der Waals surface area contributed by atoms with Crippen molar-refractivity contribution >= 4 is 22.6 Å². The van der Waals surface area contributed by atoms with Crippen molar-refractivity contribution in [1.29, 1.82) is 0 Å². The van der Waals surface area contributed by atoms with Crippen LogP contribution >= 0.6 is 0 Å². The maximum Gasteiger partial charge on any atom is 0.253 e. The first-order valence-electron chi connectivity index (χ1n) is 8.78. The summed E-state index contributed by atoms with van der Waals surface area (Å²) in [4.78, 5) is 14.4. The molecule has 5 rings (SSSR count). The van der Waals surface area contributed by atoms with E-state index in [0.29, 0.717) is 12.5 Å². The summed E-state index contributed by atoms with van der Waals surface area (Å²) in [5.74, 6) is 1.50. The van der Waals surface area contributed by atoms with Crippen molar-refractivity contribution in [3.63, 3.8) is 0 Å². The van der Waals surface area contributed by atoms with Crippen LogP contribution in [0.1, 0.15) is 18.4 Å². The standard InChI is InChI=1S/C21H19NO3/c23-21-13-24-12-17-8-7-16(9-18(17)22(21)11-14-5-6-14)20-10-15-3-1-2-4-19(15)25-20/h1-4,7-10,14H,5-6,11-13H2. The van der Waals surface area contributed by atoms with E-state index in [9.17, 15) is 4.79 Å². The quantitative estimate of drug-likeness (QED) is 0.714. The van der Waals surface area contributed by atoms with Crippen LogP contribution in [0.4, 0.5) is 5.69 Å². The van der Waals surface area contributed by atoms with Crippen LogP contribution in [-0.4, -0.2) is 19.1 Å². The molecule has 1 aliphatic carbocycles. The van der Waals surface area contributed by atoms with Gasteiger partial charge in [0.05, 0.1) is 6.61 Å². The third-order valence-corrected chi connectivity index (χ3v) is 5.01. The Hall–Kier alpha value is -2.59. The van der Waals surface area contributed by atoms with Crippen molar-refractivity contribution in [3.05, 3.63) is 54.1 Å². The highest BCUT2D eigenvalue weighted by atomic mass is 16.5. The van der Waals surface area contributed by atoms with Crippen LogP contribution in [0.15, 0.2) is 52.9 Å². The summed E-state index contributed by atoms with van der Waals surface area (Å²) in [6.07, 6.45) is 2.42. The first-order chi connectivity index (χ1) is 12.3. The molecule has 0 spiro atoms. The lowest BCUT2D eigenvalue weighted by Gasteiger charge is -2.22. The predicted octanol–water partition coefficient (Wildman–Crippen LogP) is 4.37. The van der Waals surface area contributed by atoms with E-state index in [2.05, 4.69) is 18.2 Å². The van der Waals surface area contributed by atoms with E-state index in [0.717, 1.165) is 40.1 Å². The fourth-order valence-corrected chi connectivity index (χ4v) is 3.43. The molecule has 0 bridgehead atoms. The molecule has 1 amide bonds. The molecule has 0 unspecified atom stereocenters. The highest BCUT2D eigenvalue weighted by Gasteiger charge is 2.30. The number of carbonyl (C=O) groups excluding carboxylic acids is 1. The normalized spacial score (nSPS) is 17.6. The van der Waals surface area contributed by atoms with E-state index < -0.39 is 0 Å². The number of hydrogen-bond acceptors (Lipinski definition) is 3. The van der Waals surface area contributed by atoms with Crippen LogP contribution in [0.2, 0.25) is 0 Å². The molecule has 1 aromatic heterocycles. The van der Waals surface area contributed by atoms with Crippen LogP contribution in [0.25, 0.3) is 22.3 Å². The largest absolute Gasteiger partial charge is 0.456 e. The number of anilines is 1. The van der Waals surface area contributed by atoms with Crippen LogP contribution in [0.3, 0.4) is 0 Å². The Kier molecular flexibility index (Phi) is 3.38. The second kappa shape index (κ2) is 5.74. The van der Waals surface area contributed by atoms with Gasteiger partial charge in [0.25, 0.3) is 5.91 Å². The lowest BCUT2D eigenvalue weighted by molar-refractivity contribution is -0.123. The molecule has 4 heteroatoms. The monoisotopic (exact) mass is 333 g/mol. The van der Waals surface area contributed by atoms with Crippen LogP contribution < -0.4 is 4.90 Å². The fourth-order valence-electron chi connectivity index (χ4n) is 3.43. The first-order valence-corrected chi connectivity index (χ1v) is 8.78. The van der Waals surface area contributed by atoms with Crippen molar-refractivity contribution in [2.45, 2.75) is 19.4 Å². The zero-order valence-corrected chi connectivity index (χ0v) is 13.9. The van der Waals surface area contributed by atoms with E-state index in [-0.39, 0.29) is 12.5 Å². The molecule has 3 aromatic rings. The summed E-state index contributed by atoms with van der Waals surface area (Å²) in [7, 11) is 0. The lowest BCUT2D eigenvalue weighted by atomic mass is 10.1. The van der Waals surface area contributed by atoms with Gasteiger partial charge in [0.2, 0.25) is 0 Å². The molecular formula is C21H19NO3. The summed E-state index contributed by atoms with van der Waals surface area (Å²) < 4.78 is 11.5. The average Bonchev–Trinajstić information content (AvgIpc) is 3.37. The van der Waals surface area contributed by atoms with Gasteiger partial charge >= 0.3 is 0 Å². The third kappa shape index (κ3) is 2.72. The molecule has 1 fully saturated rings. The van der Waals surface area contributed by atoms with Crippen molar-refractivity contribution in [3.8, 4) is 11.3 Å². The Morgan fingerprint density at radius 3 is 2.76 bits per heavy atom. The molecular weight excluding hydrogens is 314 g/mol. The van der Waals surface area contributed by atoms with Crippen molar-refractivity contribution < 1.29 is 13.9 Å². The number of furan rings is 1. The Labute approximate surface area is 146 Å². The van der Waals surface area contributed by atoms with Crippen LogP contribution in [0, 0.1) is 5.92 Å². The fraction of sp³-hybridized carbons (Fsp3) is 0.286. The van der Waals surface area contributed by atoms with Crippen molar-refractivity contribution in [2.75, 3.05) is 18.1 Å². The first kappa shape index (κ1) is 14.7. The van der Waals surface area contributed by atoms with Gasteiger partial charge in [-0.2, -0.15) is 0 Å². The molecule has 4 nitrogen and oxygen atoms in total. The van der Waals surface area contributed by atoms with E-state index in [1.807, 2.05) is 35.2 Å². The van der Waals surface area contributed by atoms with E-state index in [4.69, 9.17) is 9.15 Å². The van der Waals surface area contributed by atoms with E-state index in [1.54, 1.807) is 0 Å². The molecule has 2 aromatic carbocycles. The minimum Gasteiger partial charge on any atom is -0.456 e. The number of rotatable bonds is 3. The molecule has 0 saturated heterocycles. The molecule has 1 aliphatic heterocycles. The number of carbonyl (C=O) groups is 1. The summed E-state index contributed by atoms with van der Waals surface area (Å²) >= 11 is 0. The summed E-state index contributed by atoms with van der Waals surface area (Å²) in [6.45, 7) is 1.42. The van der Waals surface area contributed by atoms with E-state index >= 15 is 0 Å². The van der Waals surface area contributed by atoms with Gasteiger partial charge < -0.3 is 14.1 Å². The summed E-state index contributed by atoms with van der Waals surface area (Å²) in [5.41, 5.74) is 3.89. The van der Waals surface area contributed by atoms with Gasteiger partial charge in [-0.15, -0.1) is 0 Å². The Balaban J connectivity index is 1.59. The Bertz CT molecular complexity index is 922. The predicted molar refractivity (Wildman–Crippen MR) is 96.4 cm³/mol. The molecule has 0 radical (unpaired) electrons. The van der Waals surface area contributed by atoms with Gasteiger partial charge in [0, 0.05) is 28.7 Å². The van der Waals surface area contributed by atoms with E-state index in [1.165, 1.54) is 12.8 Å². The molecule has 25 heavy (non-hydrogen) atoms. The van der Waals surface area contributed by atoms with Crippen molar-refractivity contribution in [2.24, 2.45) is 5.92 Å². The van der Waals surface area contributed by atoms with Gasteiger partial charge in [-0.1, -0.05) is 30.3 Å². The second-order valence-electron chi connectivity index (χ2n) is 6.93.